The Labute approximate surface area is 122 Å². The summed E-state index contributed by atoms with van der Waals surface area (Å²) in [6.45, 7) is 4.23. The average Bonchev–Trinajstić information content (AvgIpc) is 2.77. The molecule has 0 aliphatic heterocycles. The van der Waals surface area contributed by atoms with E-state index < -0.39 is 0 Å². The molecule has 3 nitrogen and oxygen atoms in total. The summed E-state index contributed by atoms with van der Waals surface area (Å²) in [5.74, 6) is 0.852. The van der Waals surface area contributed by atoms with Crippen molar-refractivity contribution in [3.63, 3.8) is 0 Å². The van der Waals surface area contributed by atoms with Crippen LogP contribution < -0.4 is 5.73 Å². The summed E-state index contributed by atoms with van der Waals surface area (Å²) in [5, 5.41) is 0.685. The molecule has 2 aromatic carbocycles. The summed E-state index contributed by atoms with van der Waals surface area (Å²) >= 11 is 1.60. The highest BCUT2D eigenvalue weighted by Crippen LogP contribution is 2.27. The monoisotopic (exact) mass is 284 g/mol. The molecule has 0 spiro atoms. The molecule has 1 aromatic heterocycles. The molecule has 0 radical (unpaired) electrons. The standard InChI is InChI=1S/C16H16N2OS/c1-10-5-11(2)7-12(6-10)9-20-16-18-14-8-13(17)3-4-15(14)19-16/h3-8H,9,17H2,1-2H3. The van der Waals surface area contributed by atoms with Gasteiger partial charge in [0.25, 0.3) is 5.22 Å². The van der Waals surface area contributed by atoms with E-state index in [0.717, 1.165) is 16.9 Å². The van der Waals surface area contributed by atoms with Gasteiger partial charge in [-0.25, -0.2) is 4.98 Å². The van der Waals surface area contributed by atoms with Crippen LogP contribution in [-0.4, -0.2) is 4.98 Å². The minimum Gasteiger partial charge on any atom is -0.431 e. The molecule has 0 aliphatic rings. The molecule has 4 heteroatoms. The molecular weight excluding hydrogens is 268 g/mol. The van der Waals surface area contributed by atoms with Gasteiger partial charge in [-0.3, -0.25) is 0 Å². The lowest BCUT2D eigenvalue weighted by Gasteiger charge is -2.02. The van der Waals surface area contributed by atoms with Crippen LogP contribution in [0.5, 0.6) is 0 Å². The summed E-state index contributed by atoms with van der Waals surface area (Å²) in [6, 6.07) is 12.1. The van der Waals surface area contributed by atoms with Gasteiger partial charge in [0, 0.05) is 11.4 Å². The molecule has 0 unspecified atom stereocenters. The van der Waals surface area contributed by atoms with E-state index in [0.29, 0.717) is 10.9 Å². The fourth-order valence-electron chi connectivity index (χ4n) is 2.28. The predicted molar refractivity (Wildman–Crippen MR) is 83.9 cm³/mol. The number of thioether (sulfide) groups is 1. The van der Waals surface area contributed by atoms with Crippen LogP contribution in [0.1, 0.15) is 16.7 Å². The highest BCUT2D eigenvalue weighted by atomic mass is 32.2. The molecule has 0 saturated heterocycles. The van der Waals surface area contributed by atoms with Crippen molar-refractivity contribution in [3.05, 3.63) is 53.1 Å². The molecule has 2 N–H and O–H groups in total. The maximum Gasteiger partial charge on any atom is 0.257 e. The Kier molecular flexibility index (Phi) is 3.40. The number of anilines is 1. The highest BCUT2D eigenvalue weighted by Gasteiger charge is 2.07. The second kappa shape index (κ2) is 5.21. The molecule has 3 rings (SSSR count). The number of fused-ring (bicyclic) bond motifs is 1. The molecular formula is C16H16N2OS. The Balaban J connectivity index is 1.79. The van der Waals surface area contributed by atoms with Crippen LogP contribution in [-0.2, 0) is 5.75 Å². The fraction of sp³-hybridized carbons (Fsp3) is 0.188. The maximum atomic E-state index is 5.74. The zero-order valence-electron chi connectivity index (χ0n) is 11.5. The van der Waals surface area contributed by atoms with E-state index in [-0.39, 0.29) is 0 Å². The van der Waals surface area contributed by atoms with Gasteiger partial charge >= 0.3 is 0 Å². The summed E-state index contributed by atoms with van der Waals surface area (Å²) in [4.78, 5) is 4.45. The number of nitrogen functional groups attached to an aromatic ring is 1. The van der Waals surface area contributed by atoms with E-state index in [4.69, 9.17) is 10.2 Å². The zero-order valence-corrected chi connectivity index (χ0v) is 12.3. The lowest BCUT2D eigenvalue weighted by atomic mass is 10.1. The number of rotatable bonds is 3. The Morgan fingerprint density at radius 2 is 1.85 bits per heavy atom. The maximum absolute atomic E-state index is 5.74. The third-order valence-corrected chi connectivity index (χ3v) is 3.94. The highest BCUT2D eigenvalue weighted by molar-refractivity contribution is 7.98. The first-order chi connectivity index (χ1) is 9.60. The normalized spacial score (nSPS) is 11.1. The fourth-order valence-corrected chi connectivity index (χ4v) is 3.05. The van der Waals surface area contributed by atoms with Crippen LogP contribution in [0.15, 0.2) is 46.0 Å². The zero-order chi connectivity index (χ0) is 14.1. The van der Waals surface area contributed by atoms with Crippen molar-refractivity contribution in [1.29, 1.82) is 0 Å². The van der Waals surface area contributed by atoms with Gasteiger partial charge in [-0.15, -0.1) is 0 Å². The van der Waals surface area contributed by atoms with Gasteiger partial charge in [0.15, 0.2) is 5.58 Å². The number of nitrogens with zero attached hydrogens (tertiary/aromatic N) is 1. The number of hydrogen-bond donors (Lipinski definition) is 1. The predicted octanol–water partition coefficient (Wildman–Crippen LogP) is 4.32. The lowest BCUT2D eigenvalue weighted by molar-refractivity contribution is 0.489. The minimum atomic E-state index is 0.685. The van der Waals surface area contributed by atoms with Gasteiger partial charge in [0.05, 0.1) is 0 Å². The molecule has 3 aromatic rings. The van der Waals surface area contributed by atoms with E-state index in [1.54, 1.807) is 11.8 Å². The first kappa shape index (κ1) is 13.1. The first-order valence-corrected chi connectivity index (χ1v) is 7.45. The van der Waals surface area contributed by atoms with E-state index in [2.05, 4.69) is 37.0 Å². The number of oxazole rings is 1. The number of benzene rings is 2. The number of nitrogens with two attached hydrogens (primary N) is 1. The quantitative estimate of drug-likeness (QED) is 0.575. The summed E-state index contributed by atoms with van der Waals surface area (Å²) < 4.78 is 5.70. The van der Waals surface area contributed by atoms with Crippen LogP contribution in [0.4, 0.5) is 5.69 Å². The molecule has 0 amide bonds. The third-order valence-electron chi connectivity index (χ3n) is 3.04. The van der Waals surface area contributed by atoms with Crippen LogP contribution in [0, 0.1) is 13.8 Å². The summed E-state index contributed by atoms with van der Waals surface area (Å²) in [7, 11) is 0. The van der Waals surface area contributed by atoms with Crippen LogP contribution in [0.2, 0.25) is 0 Å². The summed E-state index contributed by atoms with van der Waals surface area (Å²) in [5.41, 5.74) is 11.9. The van der Waals surface area contributed by atoms with Gasteiger partial charge in [0.2, 0.25) is 0 Å². The van der Waals surface area contributed by atoms with Gasteiger partial charge in [0.1, 0.15) is 5.52 Å². The van der Waals surface area contributed by atoms with Gasteiger partial charge in [-0.1, -0.05) is 41.1 Å². The molecule has 0 bridgehead atoms. The van der Waals surface area contributed by atoms with Crippen molar-refractivity contribution in [2.75, 3.05) is 5.73 Å². The van der Waals surface area contributed by atoms with Crippen molar-refractivity contribution in [3.8, 4) is 0 Å². The van der Waals surface area contributed by atoms with E-state index >= 15 is 0 Å². The van der Waals surface area contributed by atoms with Crippen molar-refractivity contribution >= 4 is 28.5 Å². The Morgan fingerprint density at radius 1 is 1.10 bits per heavy atom. The molecule has 0 aliphatic carbocycles. The largest absolute Gasteiger partial charge is 0.431 e. The molecule has 20 heavy (non-hydrogen) atoms. The van der Waals surface area contributed by atoms with E-state index in [1.165, 1.54) is 16.7 Å². The Bertz CT molecular complexity index is 744. The van der Waals surface area contributed by atoms with Gasteiger partial charge < -0.3 is 10.2 Å². The van der Waals surface area contributed by atoms with Crippen molar-refractivity contribution in [2.45, 2.75) is 24.8 Å². The second-order valence-corrected chi connectivity index (χ2v) is 5.92. The van der Waals surface area contributed by atoms with E-state index in [9.17, 15) is 0 Å². The average molecular weight is 284 g/mol. The number of hydrogen-bond acceptors (Lipinski definition) is 4. The lowest BCUT2D eigenvalue weighted by Crippen LogP contribution is -1.85. The molecule has 0 fully saturated rings. The molecule has 1 heterocycles. The van der Waals surface area contributed by atoms with Gasteiger partial charge in [-0.05, 0) is 37.6 Å². The van der Waals surface area contributed by atoms with E-state index in [1.807, 2.05) is 18.2 Å². The third kappa shape index (κ3) is 2.80. The molecule has 0 saturated carbocycles. The van der Waals surface area contributed by atoms with Crippen molar-refractivity contribution < 1.29 is 4.42 Å². The van der Waals surface area contributed by atoms with Crippen LogP contribution in [0.25, 0.3) is 11.1 Å². The minimum absolute atomic E-state index is 0.685. The SMILES string of the molecule is Cc1cc(C)cc(CSc2nc3cc(N)ccc3o2)c1. The molecule has 102 valence electrons. The first-order valence-electron chi connectivity index (χ1n) is 6.46. The summed E-state index contributed by atoms with van der Waals surface area (Å²) in [6.07, 6.45) is 0. The Hall–Kier alpha value is -1.94. The van der Waals surface area contributed by atoms with Crippen molar-refractivity contribution in [1.82, 2.24) is 4.98 Å². The number of aryl methyl sites for hydroxylation is 2. The number of aromatic nitrogens is 1. The topological polar surface area (TPSA) is 52.0 Å². The molecule has 0 atom stereocenters. The van der Waals surface area contributed by atoms with Crippen LogP contribution >= 0.6 is 11.8 Å². The smallest absolute Gasteiger partial charge is 0.257 e. The Morgan fingerprint density at radius 3 is 2.60 bits per heavy atom. The van der Waals surface area contributed by atoms with Gasteiger partial charge in [-0.2, -0.15) is 0 Å². The second-order valence-electron chi connectivity index (χ2n) is 4.99. The van der Waals surface area contributed by atoms with Crippen molar-refractivity contribution in [2.24, 2.45) is 0 Å². The van der Waals surface area contributed by atoms with Crippen LogP contribution in [0.3, 0.4) is 0 Å².